The minimum atomic E-state index is 0.181. The van der Waals surface area contributed by atoms with Crippen molar-refractivity contribution in [3.8, 4) is 11.5 Å². The first-order chi connectivity index (χ1) is 5.34. The second kappa shape index (κ2) is 6.35. The molecule has 0 aromatic heterocycles. The standard InChI is InChI=1S/C7H8O2.ClH.Mn/c1-9-7-5-3-2-4-6(7)8;;/h2-5,8H,1H3;1H;/q;;+1/p-1. The number of aromatic hydroxyl groups is 1. The van der Waals surface area contributed by atoms with Crippen LogP contribution in [0.4, 0.5) is 0 Å². The number of rotatable bonds is 1. The molecule has 0 saturated carbocycles. The van der Waals surface area contributed by atoms with Gasteiger partial charge >= 0.3 is 25.2 Å². The van der Waals surface area contributed by atoms with Gasteiger partial charge in [-0.25, -0.2) is 0 Å². The molecule has 0 saturated heterocycles. The minimum absolute atomic E-state index is 0.181. The number of hydrogen-bond acceptors (Lipinski definition) is 2. The molecule has 0 amide bonds. The van der Waals surface area contributed by atoms with Crippen LogP contribution in [0.5, 0.6) is 11.5 Å². The third-order valence-electron chi connectivity index (χ3n) is 1.09. The summed E-state index contributed by atoms with van der Waals surface area (Å²) in [6.45, 7) is 0. The molecule has 0 aliphatic rings. The van der Waals surface area contributed by atoms with E-state index < -0.39 is 0 Å². The van der Waals surface area contributed by atoms with E-state index in [-0.39, 0.29) is 5.75 Å². The van der Waals surface area contributed by atoms with Gasteiger partial charge in [0, 0.05) is 0 Å². The molecule has 1 aromatic carbocycles. The van der Waals surface area contributed by atoms with Crippen LogP contribution in [0.15, 0.2) is 24.3 Å². The number of methoxy groups -OCH3 is 1. The third kappa shape index (κ3) is 3.51. The first-order valence-electron chi connectivity index (χ1n) is 2.81. The molecule has 0 radical (unpaired) electrons. The summed E-state index contributed by atoms with van der Waals surface area (Å²) in [4.78, 5) is 0. The normalized spacial score (nSPS) is 7.91. The fraction of sp³-hybridized carbons (Fsp3) is 0.143. The van der Waals surface area contributed by atoms with Crippen LogP contribution in [0.3, 0.4) is 0 Å². The molecule has 2 nitrogen and oxygen atoms in total. The fourth-order valence-corrected chi connectivity index (χ4v) is 0.630. The van der Waals surface area contributed by atoms with Gasteiger partial charge in [-0.3, -0.25) is 0 Å². The monoisotopic (exact) mass is 214 g/mol. The van der Waals surface area contributed by atoms with E-state index in [4.69, 9.17) is 9.84 Å². The predicted molar refractivity (Wildman–Crippen MR) is 40.5 cm³/mol. The summed E-state index contributed by atoms with van der Waals surface area (Å²) in [5.41, 5.74) is 0. The van der Waals surface area contributed by atoms with Crippen molar-refractivity contribution in [3.63, 3.8) is 0 Å². The molecule has 0 aliphatic heterocycles. The molecule has 11 heavy (non-hydrogen) atoms. The molecule has 1 rings (SSSR count). The molecule has 0 atom stereocenters. The zero-order valence-electron chi connectivity index (χ0n) is 5.92. The Morgan fingerprint density at radius 2 is 1.91 bits per heavy atom. The zero-order chi connectivity index (χ0) is 8.69. The van der Waals surface area contributed by atoms with Crippen LogP contribution in [0.1, 0.15) is 0 Å². The Morgan fingerprint density at radius 1 is 1.36 bits per heavy atom. The maximum absolute atomic E-state index is 8.99. The molecule has 0 unspecified atom stereocenters. The predicted octanol–water partition coefficient (Wildman–Crippen LogP) is 2.09. The summed E-state index contributed by atoms with van der Waals surface area (Å²) in [5, 5.41) is 8.99. The van der Waals surface area contributed by atoms with Crippen molar-refractivity contribution in [1.82, 2.24) is 0 Å². The number of para-hydroxylation sites is 2. The molecule has 4 heteroatoms. The van der Waals surface area contributed by atoms with Gasteiger partial charge in [0.25, 0.3) is 0 Å². The number of phenols is 1. The van der Waals surface area contributed by atoms with Crippen LogP contribution in [0.2, 0.25) is 0 Å². The van der Waals surface area contributed by atoms with Crippen molar-refractivity contribution in [2.45, 2.75) is 0 Å². The first kappa shape index (κ1) is 10.6. The first-order valence-corrected chi connectivity index (χ1v) is 4.43. The van der Waals surface area contributed by atoms with E-state index >= 15 is 0 Å². The van der Waals surface area contributed by atoms with E-state index in [1.165, 1.54) is 7.11 Å². The molecule has 1 aromatic rings. The van der Waals surface area contributed by atoms with Gasteiger partial charge in [0.05, 0.1) is 7.11 Å². The second-order valence-corrected chi connectivity index (χ2v) is 1.67. The van der Waals surface area contributed by atoms with Crippen LogP contribution >= 0.6 is 10.1 Å². The van der Waals surface area contributed by atoms with Crippen molar-refractivity contribution >= 4 is 10.1 Å². The summed E-state index contributed by atoms with van der Waals surface area (Å²) in [6.07, 6.45) is 0. The quantitative estimate of drug-likeness (QED) is 0.726. The van der Waals surface area contributed by atoms with Crippen molar-refractivity contribution in [1.29, 1.82) is 0 Å². The average Bonchev–Trinajstić information content (AvgIpc) is 2.09. The molecule has 0 heterocycles. The Kier molecular flexibility index (Phi) is 6.13. The number of halogens is 1. The number of hydrogen-bond donors (Lipinski definition) is 1. The topological polar surface area (TPSA) is 29.5 Å². The van der Waals surface area contributed by atoms with Gasteiger partial charge < -0.3 is 9.84 Å². The van der Waals surface area contributed by atoms with E-state index in [0.717, 1.165) is 0 Å². The fourth-order valence-electron chi connectivity index (χ4n) is 0.630. The van der Waals surface area contributed by atoms with E-state index in [1.54, 1.807) is 24.3 Å². The summed E-state index contributed by atoms with van der Waals surface area (Å²) in [5.74, 6) is 0.692. The Hall–Kier alpha value is -0.371. The Labute approximate surface area is 78.2 Å². The number of phenolic OH excluding ortho intramolecular Hbond substituents is 1. The summed E-state index contributed by atoms with van der Waals surface area (Å²) in [6, 6.07) is 6.84. The van der Waals surface area contributed by atoms with Crippen molar-refractivity contribution in [2.24, 2.45) is 0 Å². The van der Waals surface area contributed by atoms with Crippen molar-refractivity contribution in [2.75, 3.05) is 7.11 Å². The van der Waals surface area contributed by atoms with Crippen LogP contribution in [0.25, 0.3) is 0 Å². The molecule has 62 valence electrons. The van der Waals surface area contributed by atoms with Crippen LogP contribution < -0.4 is 4.74 Å². The van der Waals surface area contributed by atoms with Crippen LogP contribution in [-0.2, 0) is 15.1 Å². The Balaban J connectivity index is 0.000000461. The molecule has 0 aliphatic carbocycles. The number of benzene rings is 1. The van der Waals surface area contributed by atoms with Gasteiger partial charge in [0.15, 0.2) is 11.5 Å². The van der Waals surface area contributed by atoms with E-state index in [1.807, 2.05) is 0 Å². The van der Waals surface area contributed by atoms with Gasteiger partial charge in [0.1, 0.15) is 0 Å². The van der Waals surface area contributed by atoms with Crippen LogP contribution in [-0.4, -0.2) is 12.2 Å². The van der Waals surface area contributed by atoms with E-state index in [2.05, 4.69) is 25.2 Å². The average molecular weight is 215 g/mol. The summed E-state index contributed by atoms with van der Waals surface area (Å²) >= 11 is 2.41. The molecule has 0 bridgehead atoms. The summed E-state index contributed by atoms with van der Waals surface area (Å²) in [7, 11) is 5.97. The molecule has 0 fully saturated rings. The number of ether oxygens (including phenoxy) is 1. The van der Waals surface area contributed by atoms with E-state index in [0.29, 0.717) is 5.75 Å². The van der Waals surface area contributed by atoms with Gasteiger partial charge in [-0.1, -0.05) is 12.1 Å². The van der Waals surface area contributed by atoms with Crippen LogP contribution in [0, 0.1) is 0 Å². The van der Waals surface area contributed by atoms with Gasteiger partial charge in [-0.2, -0.15) is 0 Å². The SMILES string of the molecule is COc1ccccc1O.[Cl][Mn]. The molecule has 1 N–H and O–H groups in total. The molecule has 0 spiro atoms. The van der Waals surface area contributed by atoms with Crippen molar-refractivity contribution in [3.05, 3.63) is 24.3 Å². The summed E-state index contributed by atoms with van der Waals surface area (Å²) < 4.78 is 4.79. The Morgan fingerprint density at radius 3 is 2.27 bits per heavy atom. The van der Waals surface area contributed by atoms with E-state index in [9.17, 15) is 0 Å². The van der Waals surface area contributed by atoms with Crippen molar-refractivity contribution < 1.29 is 24.9 Å². The Bertz CT molecular complexity index is 205. The zero-order valence-corrected chi connectivity index (χ0v) is 7.86. The second-order valence-electron chi connectivity index (χ2n) is 1.67. The maximum atomic E-state index is 8.99. The molecular formula is C7H8ClMnO2. The van der Waals surface area contributed by atoms with Gasteiger partial charge in [-0.15, -0.1) is 0 Å². The van der Waals surface area contributed by atoms with Gasteiger partial charge in [0.2, 0.25) is 0 Å². The van der Waals surface area contributed by atoms with Gasteiger partial charge in [-0.05, 0) is 12.1 Å². The third-order valence-corrected chi connectivity index (χ3v) is 1.09. The molecular weight excluding hydrogens is 206 g/mol.